The van der Waals surface area contributed by atoms with E-state index in [1.54, 1.807) is 52.8 Å². The van der Waals surface area contributed by atoms with Crippen molar-refractivity contribution in [3.63, 3.8) is 0 Å². The Hall–Kier alpha value is -3.06. The number of rotatable bonds is 6. The molecular formula is C33H40O11S. The number of hydrogen-bond acceptors (Lipinski definition) is 12. The SMILES string of the molecule is CCSC(=O)O[C@H]1C[C@H]2OC[C@@]2(OC(C)=O)[C@H]2[C@H](OC(=O)c3ccccc3)[C@]3(O)CC(=O)C(C)=C([C@@H](OC)C(=O)[C@]12C)C3(C)C. The summed E-state index contributed by atoms with van der Waals surface area (Å²) in [4.78, 5) is 68.4. The average molecular weight is 645 g/mol. The molecule has 1 heterocycles. The van der Waals surface area contributed by atoms with Gasteiger partial charge in [0.2, 0.25) is 0 Å². The van der Waals surface area contributed by atoms with Gasteiger partial charge >= 0.3 is 17.2 Å². The number of esters is 2. The van der Waals surface area contributed by atoms with E-state index in [2.05, 4.69) is 0 Å². The molecule has 5 rings (SSSR count). The summed E-state index contributed by atoms with van der Waals surface area (Å²) in [6, 6.07) is 8.10. The van der Waals surface area contributed by atoms with Gasteiger partial charge in [-0.3, -0.25) is 14.4 Å². The summed E-state index contributed by atoms with van der Waals surface area (Å²) in [5.74, 6) is -3.44. The highest BCUT2D eigenvalue weighted by molar-refractivity contribution is 8.13. The van der Waals surface area contributed by atoms with Crippen LogP contribution in [0.2, 0.25) is 0 Å². The van der Waals surface area contributed by atoms with Crippen LogP contribution in [0.1, 0.15) is 64.7 Å². The molecule has 0 unspecified atom stereocenters. The van der Waals surface area contributed by atoms with E-state index in [9.17, 15) is 24.3 Å². The number of ketones is 2. The molecule has 2 saturated carbocycles. The van der Waals surface area contributed by atoms with Gasteiger partial charge < -0.3 is 28.8 Å². The minimum atomic E-state index is -2.13. The molecule has 0 aromatic heterocycles. The molecule has 4 aliphatic rings. The second-order valence-corrected chi connectivity index (χ2v) is 14.2. The van der Waals surface area contributed by atoms with Gasteiger partial charge in [0.15, 0.2) is 17.2 Å². The second kappa shape index (κ2) is 11.6. The van der Waals surface area contributed by atoms with Gasteiger partial charge in [-0.25, -0.2) is 9.59 Å². The van der Waals surface area contributed by atoms with E-state index in [0.717, 1.165) is 11.8 Å². The highest BCUT2D eigenvalue weighted by Gasteiger charge is 2.78. The number of Topliss-reactive ketones (excluding diaryl/α,β-unsaturated/α-hetero) is 2. The molecule has 0 spiro atoms. The first kappa shape index (κ1) is 33.3. The maximum Gasteiger partial charge on any atom is 0.367 e. The standard InChI is InChI=1S/C33H40O11S/c1-8-45-29(38)42-21-14-22-32(16-41-22,44-18(3)34)25-27(43-28(37)19-12-10-9-11-13-19)33(39)15-20(35)17(2)23(30(33,4)5)24(40-7)26(36)31(21,25)6/h9-13,21-22,24-25,27,39H,8,14-16H2,1-7H3/t21-,22+,24+,25-,27-,31+,32-,33+/m0/s1. The molecule has 1 aromatic rings. The molecule has 12 heteroatoms. The monoisotopic (exact) mass is 644 g/mol. The Bertz CT molecular complexity index is 1450. The first-order chi connectivity index (χ1) is 21.1. The van der Waals surface area contributed by atoms with Crippen LogP contribution in [0.25, 0.3) is 0 Å². The lowest BCUT2D eigenvalue weighted by molar-refractivity contribution is -0.343. The van der Waals surface area contributed by atoms with E-state index < -0.39 is 87.6 Å². The van der Waals surface area contributed by atoms with Crippen molar-refractivity contribution in [1.82, 2.24) is 0 Å². The van der Waals surface area contributed by atoms with Gasteiger partial charge in [0, 0.05) is 38.0 Å². The van der Waals surface area contributed by atoms with Crippen molar-refractivity contribution < 1.29 is 52.8 Å². The number of fused-ring (bicyclic) bond motifs is 5. The van der Waals surface area contributed by atoms with Crippen LogP contribution in [0.4, 0.5) is 4.79 Å². The quantitative estimate of drug-likeness (QED) is 0.354. The molecule has 3 aliphatic carbocycles. The predicted molar refractivity (Wildman–Crippen MR) is 161 cm³/mol. The van der Waals surface area contributed by atoms with Crippen molar-refractivity contribution in [3.05, 3.63) is 47.0 Å². The van der Waals surface area contributed by atoms with Crippen LogP contribution < -0.4 is 0 Å². The van der Waals surface area contributed by atoms with Crippen LogP contribution in [-0.2, 0) is 38.1 Å². The van der Waals surface area contributed by atoms with E-state index in [0.29, 0.717) is 5.75 Å². The molecule has 8 atom stereocenters. The summed E-state index contributed by atoms with van der Waals surface area (Å²) < 4.78 is 30.1. The molecule has 2 bridgehead atoms. The lowest BCUT2D eigenvalue weighted by Crippen LogP contribution is -2.82. The summed E-state index contributed by atoms with van der Waals surface area (Å²) >= 11 is 0.916. The number of ether oxygens (including phenoxy) is 5. The summed E-state index contributed by atoms with van der Waals surface area (Å²) in [6.45, 7) is 9.31. The lowest BCUT2D eigenvalue weighted by Gasteiger charge is -2.67. The number of hydrogen-bond donors (Lipinski definition) is 1. The van der Waals surface area contributed by atoms with Crippen molar-refractivity contribution in [2.24, 2.45) is 16.7 Å². The Kier molecular flexibility index (Phi) is 8.61. The zero-order chi connectivity index (χ0) is 33.1. The molecule has 0 amide bonds. The minimum absolute atomic E-state index is 0.0173. The van der Waals surface area contributed by atoms with E-state index in [-0.39, 0.29) is 29.7 Å². The van der Waals surface area contributed by atoms with Gasteiger partial charge in [0.1, 0.15) is 30.0 Å². The third kappa shape index (κ3) is 4.87. The molecule has 1 aromatic carbocycles. The fourth-order valence-electron chi connectivity index (χ4n) is 8.09. The first-order valence-electron chi connectivity index (χ1n) is 15.0. The Labute approximate surface area is 266 Å². The fourth-order valence-corrected chi connectivity index (χ4v) is 8.51. The maximum absolute atomic E-state index is 15.1. The van der Waals surface area contributed by atoms with Crippen LogP contribution in [0.5, 0.6) is 0 Å². The van der Waals surface area contributed by atoms with Crippen molar-refractivity contribution in [2.75, 3.05) is 19.5 Å². The van der Waals surface area contributed by atoms with E-state index in [1.807, 2.05) is 0 Å². The topological polar surface area (TPSA) is 152 Å². The largest absolute Gasteiger partial charge is 0.455 e. The molecule has 0 radical (unpaired) electrons. The summed E-state index contributed by atoms with van der Waals surface area (Å²) in [6.07, 6.45) is -5.48. The van der Waals surface area contributed by atoms with Gasteiger partial charge in [-0.1, -0.05) is 39.0 Å². The van der Waals surface area contributed by atoms with Crippen LogP contribution in [-0.4, -0.2) is 89.0 Å². The Morgan fingerprint density at radius 2 is 1.76 bits per heavy atom. The zero-order valence-corrected chi connectivity index (χ0v) is 27.4. The zero-order valence-electron chi connectivity index (χ0n) is 26.5. The fraction of sp³-hybridized carbons (Fsp3) is 0.606. The van der Waals surface area contributed by atoms with Crippen molar-refractivity contribution in [3.8, 4) is 0 Å². The second-order valence-electron chi connectivity index (χ2n) is 13.0. The number of thioether (sulfide) groups is 1. The summed E-state index contributed by atoms with van der Waals surface area (Å²) in [5.41, 5.74) is -6.19. The number of methoxy groups -OCH3 is 1. The number of benzene rings is 1. The molecular weight excluding hydrogens is 604 g/mol. The van der Waals surface area contributed by atoms with E-state index in [4.69, 9.17) is 23.7 Å². The molecule has 244 valence electrons. The van der Waals surface area contributed by atoms with Gasteiger partial charge in [-0.2, -0.15) is 0 Å². The molecule has 3 fully saturated rings. The Morgan fingerprint density at radius 1 is 1.09 bits per heavy atom. The van der Waals surface area contributed by atoms with Crippen LogP contribution >= 0.6 is 11.8 Å². The number of allylic oxidation sites excluding steroid dienone is 1. The molecule has 11 nitrogen and oxygen atoms in total. The molecule has 1 N–H and O–H groups in total. The van der Waals surface area contributed by atoms with Crippen molar-refractivity contribution in [2.45, 2.75) is 90.0 Å². The Balaban J connectivity index is 1.84. The number of aliphatic hydroxyl groups is 1. The van der Waals surface area contributed by atoms with Crippen molar-refractivity contribution >= 4 is 40.6 Å². The molecule has 45 heavy (non-hydrogen) atoms. The average Bonchev–Trinajstić information content (AvgIpc) is 2.97. The third-order valence-corrected chi connectivity index (χ3v) is 11.1. The van der Waals surface area contributed by atoms with Gasteiger partial charge in [-0.15, -0.1) is 0 Å². The van der Waals surface area contributed by atoms with Crippen LogP contribution in [0.15, 0.2) is 41.5 Å². The van der Waals surface area contributed by atoms with Crippen LogP contribution in [0.3, 0.4) is 0 Å². The van der Waals surface area contributed by atoms with Gasteiger partial charge in [0.05, 0.1) is 23.5 Å². The normalized spacial score (nSPS) is 36.8. The third-order valence-electron chi connectivity index (χ3n) is 10.5. The van der Waals surface area contributed by atoms with Gasteiger partial charge in [-0.05, 0) is 48.9 Å². The summed E-state index contributed by atoms with van der Waals surface area (Å²) in [5, 5.41) is 12.3. The minimum Gasteiger partial charge on any atom is -0.455 e. The first-order valence-corrected chi connectivity index (χ1v) is 16.0. The number of carbonyl (C=O) groups is 5. The molecule has 1 saturated heterocycles. The lowest BCUT2D eigenvalue weighted by atomic mass is 9.44. The van der Waals surface area contributed by atoms with E-state index >= 15 is 4.79 Å². The maximum atomic E-state index is 15.1. The highest BCUT2D eigenvalue weighted by Crippen LogP contribution is 2.64. The molecule has 1 aliphatic heterocycles. The smallest absolute Gasteiger partial charge is 0.367 e. The van der Waals surface area contributed by atoms with Crippen molar-refractivity contribution in [1.29, 1.82) is 0 Å². The highest BCUT2D eigenvalue weighted by atomic mass is 32.2. The predicted octanol–water partition coefficient (Wildman–Crippen LogP) is 3.84. The van der Waals surface area contributed by atoms with Crippen LogP contribution in [0, 0.1) is 16.7 Å². The van der Waals surface area contributed by atoms with Gasteiger partial charge in [0.25, 0.3) is 0 Å². The number of carbonyl (C=O) groups excluding carboxylic acids is 5. The summed E-state index contributed by atoms with van der Waals surface area (Å²) in [7, 11) is 1.33. The van der Waals surface area contributed by atoms with E-state index in [1.165, 1.54) is 26.2 Å². The Morgan fingerprint density at radius 3 is 2.31 bits per heavy atom.